The fourth-order valence-electron chi connectivity index (χ4n) is 5.52. The third-order valence-corrected chi connectivity index (χ3v) is 9.30. The molecular formula is C38H34BrN3O5S. The monoisotopic (exact) mass is 723 g/mol. The van der Waals surface area contributed by atoms with Gasteiger partial charge in [-0.3, -0.25) is 14.2 Å². The van der Waals surface area contributed by atoms with E-state index in [2.05, 4.69) is 21.2 Å². The quantitative estimate of drug-likeness (QED) is 0.152. The minimum Gasteiger partial charge on any atom is -0.490 e. The molecule has 1 amide bonds. The smallest absolute Gasteiger partial charge is 0.271 e. The maximum atomic E-state index is 14.2. The van der Waals surface area contributed by atoms with E-state index in [1.54, 1.807) is 4.57 Å². The van der Waals surface area contributed by atoms with Gasteiger partial charge in [-0.05, 0) is 89.8 Å². The van der Waals surface area contributed by atoms with Crippen molar-refractivity contribution in [2.24, 2.45) is 4.99 Å². The molecule has 10 heteroatoms. The molecule has 6 rings (SSSR count). The van der Waals surface area contributed by atoms with Gasteiger partial charge in [-0.2, -0.15) is 0 Å². The van der Waals surface area contributed by atoms with Gasteiger partial charge in [-0.15, -0.1) is 0 Å². The Morgan fingerprint density at radius 2 is 1.60 bits per heavy atom. The van der Waals surface area contributed by atoms with E-state index in [1.165, 1.54) is 11.3 Å². The van der Waals surface area contributed by atoms with Crippen molar-refractivity contribution in [3.8, 4) is 17.2 Å². The molecule has 1 atom stereocenters. The van der Waals surface area contributed by atoms with Crippen molar-refractivity contribution in [3.05, 3.63) is 149 Å². The molecule has 0 saturated carbocycles. The minimum absolute atomic E-state index is 0.243. The van der Waals surface area contributed by atoms with Crippen LogP contribution in [0.3, 0.4) is 0 Å². The molecular weight excluding hydrogens is 690 g/mol. The number of thiazole rings is 1. The van der Waals surface area contributed by atoms with Crippen LogP contribution in [-0.4, -0.2) is 30.3 Å². The fraction of sp³-hybridized carbons (Fsp3) is 0.184. The molecule has 0 aliphatic carbocycles. The third kappa shape index (κ3) is 7.14. The highest BCUT2D eigenvalue weighted by atomic mass is 79.9. The second kappa shape index (κ2) is 14.9. The zero-order valence-corrected chi connectivity index (χ0v) is 29.1. The van der Waals surface area contributed by atoms with Crippen molar-refractivity contribution in [2.75, 3.05) is 25.1 Å². The number of allylic oxidation sites excluding steroid dienone is 1. The van der Waals surface area contributed by atoms with Crippen LogP contribution in [-0.2, 0) is 4.79 Å². The summed E-state index contributed by atoms with van der Waals surface area (Å²) in [6.45, 7) is 6.81. The van der Waals surface area contributed by atoms with Crippen LogP contribution in [0.15, 0.2) is 123 Å². The van der Waals surface area contributed by atoms with Crippen molar-refractivity contribution in [2.45, 2.75) is 26.8 Å². The summed E-state index contributed by atoms with van der Waals surface area (Å²) in [7, 11) is 0. The highest BCUT2D eigenvalue weighted by Crippen LogP contribution is 2.37. The number of para-hydroxylation sites is 2. The third-order valence-electron chi connectivity index (χ3n) is 7.72. The van der Waals surface area contributed by atoms with Crippen molar-refractivity contribution in [1.82, 2.24) is 4.57 Å². The summed E-state index contributed by atoms with van der Waals surface area (Å²) < 4.78 is 20.7. The standard InChI is InChI=1S/C38H34BrN3O5S/c1-4-45-31-22-26(21-29(39)35(31)47-20-19-46-30-18-12-11-13-24(30)2)23-32-37(44)42-34(27-14-7-5-8-15-27)33(25(3)40-38(42)48-32)36(43)41-28-16-9-6-10-17-28/h5-18,21-23,34H,4,19-20H2,1-3H3,(H,41,43)/b32-23-/t34-/m0/s1. The van der Waals surface area contributed by atoms with Crippen LogP contribution in [0.1, 0.15) is 36.6 Å². The maximum Gasteiger partial charge on any atom is 0.271 e. The summed E-state index contributed by atoms with van der Waals surface area (Å²) in [5.41, 5.74) is 4.00. The van der Waals surface area contributed by atoms with E-state index in [0.717, 1.165) is 22.4 Å². The Labute approximate surface area is 290 Å². The Kier molecular flexibility index (Phi) is 10.2. The number of anilines is 1. The second-order valence-electron chi connectivity index (χ2n) is 11.0. The molecule has 1 aliphatic rings. The number of nitrogens with one attached hydrogen (secondary N) is 1. The molecule has 0 radical (unpaired) electrons. The van der Waals surface area contributed by atoms with E-state index >= 15 is 0 Å². The van der Waals surface area contributed by atoms with Gasteiger partial charge in [-0.25, -0.2) is 4.99 Å². The molecule has 1 N–H and O–H groups in total. The number of aromatic nitrogens is 1. The molecule has 5 aromatic rings. The first-order valence-corrected chi connectivity index (χ1v) is 17.2. The molecule has 244 valence electrons. The lowest BCUT2D eigenvalue weighted by Gasteiger charge is -2.25. The van der Waals surface area contributed by atoms with Gasteiger partial charge >= 0.3 is 0 Å². The maximum absolute atomic E-state index is 14.2. The topological polar surface area (TPSA) is 91.2 Å². The molecule has 8 nitrogen and oxygen atoms in total. The normalized spacial score (nSPS) is 14.2. The van der Waals surface area contributed by atoms with Crippen molar-refractivity contribution in [3.63, 3.8) is 0 Å². The average Bonchev–Trinajstić information content (AvgIpc) is 3.38. The molecule has 48 heavy (non-hydrogen) atoms. The highest BCUT2D eigenvalue weighted by molar-refractivity contribution is 9.10. The van der Waals surface area contributed by atoms with Crippen molar-refractivity contribution >= 4 is 44.9 Å². The Morgan fingerprint density at radius 3 is 2.33 bits per heavy atom. The Morgan fingerprint density at radius 1 is 0.917 bits per heavy atom. The number of halogens is 1. The van der Waals surface area contributed by atoms with Gasteiger partial charge in [0, 0.05) is 5.69 Å². The number of amides is 1. The lowest BCUT2D eigenvalue weighted by Crippen LogP contribution is -2.40. The minimum atomic E-state index is -0.656. The van der Waals surface area contributed by atoms with Gasteiger partial charge in [0.15, 0.2) is 16.3 Å². The van der Waals surface area contributed by atoms with E-state index in [9.17, 15) is 9.59 Å². The second-order valence-corrected chi connectivity index (χ2v) is 12.9. The first-order chi connectivity index (χ1) is 23.3. The number of carbonyl (C=O) groups is 1. The van der Waals surface area contributed by atoms with Crippen LogP contribution in [0.25, 0.3) is 6.08 Å². The van der Waals surface area contributed by atoms with Gasteiger partial charge < -0.3 is 19.5 Å². The van der Waals surface area contributed by atoms with Crippen LogP contribution < -0.4 is 34.4 Å². The lowest BCUT2D eigenvalue weighted by molar-refractivity contribution is -0.113. The highest BCUT2D eigenvalue weighted by Gasteiger charge is 2.32. The number of hydrogen-bond acceptors (Lipinski definition) is 7. The van der Waals surface area contributed by atoms with Crippen molar-refractivity contribution < 1.29 is 19.0 Å². The number of rotatable bonds is 11. The van der Waals surface area contributed by atoms with Crippen molar-refractivity contribution in [1.29, 1.82) is 0 Å². The van der Waals surface area contributed by atoms with Crippen LogP contribution in [0.2, 0.25) is 0 Å². The van der Waals surface area contributed by atoms with Gasteiger partial charge in [-0.1, -0.05) is 78.1 Å². The molecule has 4 aromatic carbocycles. The molecule has 0 bridgehead atoms. The molecule has 1 aromatic heterocycles. The van der Waals surface area contributed by atoms with Gasteiger partial charge in [0.1, 0.15) is 19.0 Å². The Bertz CT molecular complexity index is 2160. The number of carbonyl (C=O) groups excluding carboxylic acids is 1. The van der Waals surface area contributed by atoms with E-state index in [1.807, 2.05) is 124 Å². The molecule has 0 fully saturated rings. The first kappa shape index (κ1) is 33.0. The first-order valence-electron chi connectivity index (χ1n) is 15.6. The van der Waals surface area contributed by atoms with Gasteiger partial charge in [0.25, 0.3) is 11.5 Å². The molecule has 0 saturated heterocycles. The van der Waals surface area contributed by atoms with Crippen LogP contribution in [0.4, 0.5) is 5.69 Å². The average molecular weight is 725 g/mol. The van der Waals surface area contributed by atoms with E-state index in [-0.39, 0.29) is 11.5 Å². The van der Waals surface area contributed by atoms with E-state index in [0.29, 0.717) is 62.1 Å². The SMILES string of the molecule is CCOc1cc(/C=c2\sc3n(c2=O)[C@@H](c2ccccc2)C(C(=O)Nc2ccccc2)=C(C)N=3)cc(Br)c1OCCOc1ccccc1C. The van der Waals surface area contributed by atoms with Gasteiger partial charge in [0.05, 0.1) is 32.9 Å². The zero-order chi connectivity index (χ0) is 33.6. The summed E-state index contributed by atoms with van der Waals surface area (Å²) in [4.78, 5) is 33.2. The number of aryl methyl sites for hydroxylation is 1. The largest absolute Gasteiger partial charge is 0.490 e. The molecule has 0 spiro atoms. The van der Waals surface area contributed by atoms with E-state index in [4.69, 9.17) is 19.2 Å². The summed E-state index contributed by atoms with van der Waals surface area (Å²) in [6, 6.07) is 29.7. The Hall–Kier alpha value is -4.93. The Balaban J connectivity index is 1.33. The molecule has 0 unspecified atom stereocenters. The summed E-state index contributed by atoms with van der Waals surface area (Å²) >= 11 is 4.93. The van der Waals surface area contributed by atoms with Crippen LogP contribution in [0.5, 0.6) is 17.2 Å². The number of fused-ring (bicyclic) bond motifs is 1. The number of ether oxygens (including phenoxy) is 3. The fourth-order valence-corrected chi connectivity index (χ4v) is 7.14. The predicted octanol–water partition coefficient (Wildman–Crippen LogP) is 6.80. The predicted molar refractivity (Wildman–Crippen MR) is 193 cm³/mol. The summed E-state index contributed by atoms with van der Waals surface area (Å²) in [6.07, 6.45) is 1.81. The van der Waals surface area contributed by atoms with Gasteiger partial charge in [0.2, 0.25) is 0 Å². The lowest BCUT2D eigenvalue weighted by atomic mass is 9.95. The van der Waals surface area contributed by atoms with Crippen LogP contribution in [0, 0.1) is 6.92 Å². The van der Waals surface area contributed by atoms with Crippen LogP contribution >= 0.6 is 27.3 Å². The summed E-state index contributed by atoms with van der Waals surface area (Å²) in [5, 5.41) is 2.98. The number of benzene rings is 4. The number of hydrogen-bond donors (Lipinski definition) is 1. The molecule has 2 heterocycles. The van der Waals surface area contributed by atoms with E-state index < -0.39 is 6.04 Å². The molecule has 1 aliphatic heterocycles. The zero-order valence-electron chi connectivity index (χ0n) is 26.7. The number of nitrogens with zero attached hydrogens (tertiary/aromatic N) is 2. The summed E-state index contributed by atoms with van der Waals surface area (Å²) in [5.74, 6) is 1.60.